The van der Waals surface area contributed by atoms with Crippen molar-refractivity contribution in [2.45, 2.75) is 115 Å². The first-order chi connectivity index (χ1) is 23.4. The van der Waals surface area contributed by atoms with Crippen LogP contribution in [0.2, 0.25) is 5.02 Å². The molecule has 0 radical (unpaired) electrons. The lowest BCUT2D eigenvalue weighted by molar-refractivity contribution is -0.787. The number of halogens is 4. The van der Waals surface area contributed by atoms with Crippen LogP contribution in [0, 0.1) is 5.92 Å². The third kappa shape index (κ3) is 9.21. The topological polar surface area (TPSA) is 132 Å². The van der Waals surface area contributed by atoms with Gasteiger partial charge in [0.15, 0.2) is 0 Å². The first-order valence-corrected chi connectivity index (χ1v) is 17.5. The first-order valence-electron chi connectivity index (χ1n) is 17.1. The number of carbonyl (C=O) groups is 3. The zero-order valence-electron chi connectivity index (χ0n) is 29.4. The van der Waals surface area contributed by atoms with E-state index in [-0.39, 0.29) is 23.8 Å². The Bertz CT molecular complexity index is 1510. The molecule has 0 aromatic heterocycles. The molecule has 2 aliphatic rings. The van der Waals surface area contributed by atoms with Crippen LogP contribution in [0.4, 0.5) is 28.4 Å². The summed E-state index contributed by atoms with van der Waals surface area (Å²) < 4.78 is 52.9. The van der Waals surface area contributed by atoms with Gasteiger partial charge < -0.3 is 20.1 Å². The van der Waals surface area contributed by atoms with Crippen LogP contribution in [0.3, 0.4) is 0 Å². The fourth-order valence-corrected chi connectivity index (χ4v) is 7.28. The summed E-state index contributed by atoms with van der Waals surface area (Å²) in [6.45, 7) is 6.86. The molecule has 2 aromatic carbocycles. The number of anilines is 1. The van der Waals surface area contributed by atoms with Crippen molar-refractivity contribution in [3.63, 3.8) is 0 Å². The maximum absolute atomic E-state index is 14.8. The first kappa shape index (κ1) is 39.2. The third-order valence-electron chi connectivity index (χ3n) is 9.77. The highest BCUT2D eigenvalue weighted by atomic mass is 35.5. The number of nitrogens with zero attached hydrogens (tertiary/aromatic N) is 1. The molecular weight excluding hydrogens is 675 g/mol. The van der Waals surface area contributed by atoms with Crippen LogP contribution < -0.4 is 26.4 Å². The second-order valence-electron chi connectivity index (χ2n) is 14.5. The smallest absolute Gasteiger partial charge is 0.424 e. The summed E-state index contributed by atoms with van der Waals surface area (Å²) >= 11 is 6.30. The number of nitrogens with one attached hydrogen (secondary N) is 3. The average molecular weight is 725 g/mol. The van der Waals surface area contributed by atoms with Crippen molar-refractivity contribution in [1.29, 1.82) is 0 Å². The number of imide groups is 1. The molecule has 2 unspecified atom stereocenters. The number of quaternary nitrogens is 1. The van der Waals surface area contributed by atoms with Crippen LogP contribution in [-0.4, -0.2) is 65.7 Å². The van der Waals surface area contributed by atoms with E-state index in [2.05, 4.69) is 16.0 Å². The Labute approximate surface area is 297 Å². The maximum Gasteiger partial charge on any atom is 0.424 e. The monoisotopic (exact) mass is 724 g/mol. The Morgan fingerprint density at radius 2 is 1.64 bits per heavy atom. The lowest BCUT2D eigenvalue weighted by Gasteiger charge is -2.43. The minimum absolute atomic E-state index is 0.151. The fourth-order valence-electron chi connectivity index (χ4n) is 7.09. The van der Waals surface area contributed by atoms with E-state index in [1.54, 1.807) is 39.8 Å². The number of ether oxygens (including phenoxy) is 2. The van der Waals surface area contributed by atoms with Crippen LogP contribution in [0.1, 0.15) is 83.8 Å². The van der Waals surface area contributed by atoms with Gasteiger partial charge >= 0.3 is 24.2 Å². The molecule has 2 aromatic rings. The second kappa shape index (κ2) is 15.8. The van der Waals surface area contributed by atoms with Gasteiger partial charge in [-0.05, 0) is 88.1 Å². The van der Waals surface area contributed by atoms with Crippen molar-refractivity contribution in [3.8, 4) is 5.75 Å². The van der Waals surface area contributed by atoms with Crippen molar-refractivity contribution >= 4 is 35.3 Å². The number of alkyl halides is 3. The molecule has 2 fully saturated rings. The van der Waals surface area contributed by atoms with Gasteiger partial charge in [-0.2, -0.15) is 17.7 Å². The van der Waals surface area contributed by atoms with Gasteiger partial charge in [-0.15, -0.1) is 0 Å². The number of nitrogens with two attached hydrogens (primary N) is 1. The van der Waals surface area contributed by atoms with Crippen molar-refractivity contribution in [3.05, 3.63) is 58.6 Å². The lowest BCUT2D eigenvalue weighted by atomic mass is 9.78. The summed E-state index contributed by atoms with van der Waals surface area (Å²) in [6, 6.07) is 7.55. The summed E-state index contributed by atoms with van der Waals surface area (Å²) in [7, 11) is 1.47. The van der Waals surface area contributed by atoms with E-state index in [1.165, 1.54) is 37.4 Å². The quantitative estimate of drug-likeness (QED) is 0.148. The Morgan fingerprint density at radius 1 is 0.980 bits per heavy atom. The highest BCUT2D eigenvalue weighted by Gasteiger charge is 2.62. The van der Waals surface area contributed by atoms with Gasteiger partial charge in [-0.3, -0.25) is 11.1 Å². The van der Waals surface area contributed by atoms with Gasteiger partial charge in [-0.1, -0.05) is 36.9 Å². The van der Waals surface area contributed by atoms with Gasteiger partial charge in [0, 0.05) is 42.4 Å². The Hall–Kier alpha value is -3.55. The molecule has 276 valence electrons. The molecule has 0 spiro atoms. The third-order valence-corrected chi connectivity index (χ3v) is 10.0. The zero-order valence-corrected chi connectivity index (χ0v) is 30.2. The van der Waals surface area contributed by atoms with Crippen LogP contribution in [0.25, 0.3) is 0 Å². The highest BCUT2D eigenvalue weighted by molar-refractivity contribution is 6.30. The molecule has 1 saturated carbocycles. The molecule has 4 amide bonds. The average Bonchev–Trinajstić information content (AvgIpc) is 3.44. The predicted molar refractivity (Wildman–Crippen MR) is 186 cm³/mol. The maximum atomic E-state index is 14.8. The number of benzene rings is 2. The largest absolute Gasteiger partial charge is 0.497 e. The van der Waals surface area contributed by atoms with Crippen molar-refractivity contribution < 1.29 is 41.5 Å². The molecular formula is C36H50ClF3N5O5+. The SMILES string of the molecule is COc1ccc(NC(Cc2ccc(Cl)cc2CNC(=O)[N+]2(C(=O)[C@](N)(NC(=O)OC(C)(C)C)C3CCCCC3)CCC[C@H]2C)C(F)(F)F)cc1. The summed E-state index contributed by atoms with van der Waals surface area (Å²) in [5, 5.41) is 8.37. The van der Waals surface area contributed by atoms with Crippen LogP contribution in [0.15, 0.2) is 42.5 Å². The summed E-state index contributed by atoms with van der Waals surface area (Å²) in [5.41, 5.74) is 5.12. The molecule has 1 aliphatic heterocycles. The van der Waals surface area contributed by atoms with E-state index in [0.717, 1.165) is 19.3 Å². The molecule has 4 rings (SSSR count). The number of rotatable bonds is 10. The highest BCUT2D eigenvalue weighted by Crippen LogP contribution is 2.37. The minimum Gasteiger partial charge on any atom is -0.497 e. The number of urea groups is 1. The van der Waals surface area contributed by atoms with E-state index in [0.29, 0.717) is 42.6 Å². The molecule has 1 aliphatic carbocycles. The standard InChI is InChI=1S/C36H49ClF3N5O5/c1-23-10-9-19-45(23,31(46)35(41,26-11-7-6-8-12-26)44-33(48)50-34(2,3)4)32(47)42-22-25-20-27(37)14-13-24(25)21-30(36(38,39)40)43-28-15-17-29(49-5)18-16-28/h13-18,20,23,26,30,43H,6-12,19,21-22,41H2,1-5H3,(H-,42,44,47,48)/p+1/t23-,30?,35-,45?/m1/s1. The van der Waals surface area contributed by atoms with E-state index in [9.17, 15) is 27.6 Å². The van der Waals surface area contributed by atoms with E-state index < -0.39 is 64.4 Å². The van der Waals surface area contributed by atoms with Crippen LogP contribution in [0.5, 0.6) is 5.75 Å². The fraction of sp³-hybridized carbons (Fsp3) is 0.583. The Morgan fingerprint density at radius 3 is 2.20 bits per heavy atom. The summed E-state index contributed by atoms with van der Waals surface area (Å²) in [4.78, 5) is 42.2. The molecule has 50 heavy (non-hydrogen) atoms. The number of alkyl carbamates (subject to hydrolysis) is 1. The van der Waals surface area contributed by atoms with Gasteiger partial charge in [-0.25, -0.2) is 14.4 Å². The number of likely N-dealkylation sites (tertiary alicyclic amines) is 1. The van der Waals surface area contributed by atoms with Crippen molar-refractivity contribution in [1.82, 2.24) is 10.6 Å². The van der Waals surface area contributed by atoms with Crippen LogP contribution >= 0.6 is 11.6 Å². The second-order valence-corrected chi connectivity index (χ2v) is 14.9. The summed E-state index contributed by atoms with van der Waals surface area (Å²) in [6.07, 6.45) is -1.03. The minimum atomic E-state index is -4.61. The molecule has 5 N–H and O–H groups in total. The van der Waals surface area contributed by atoms with Crippen molar-refractivity contribution in [2.24, 2.45) is 11.7 Å². The zero-order chi connectivity index (χ0) is 36.9. The normalized spacial score (nSPS) is 21.8. The van der Waals surface area contributed by atoms with E-state index in [4.69, 9.17) is 26.8 Å². The molecule has 10 nitrogen and oxygen atoms in total. The molecule has 1 heterocycles. The van der Waals surface area contributed by atoms with E-state index >= 15 is 0 Å². The number of hydrogen-bond acceptors (Lipinski definition) is 7. The van der Waals surface area contributed by atoms with Crippen LogP contribution in [-0.2, 0) is 22.5 Å². The summed E-state index contributed by atoms with van der Waals surface area (Å²) in [5.74, 6) is -0.555. The van der Waals surface area contributed by atoms with Gasteiger partial charge in [0.25, 0.3) is 0 Å². The molecule has 0 bridgehead atoms. The number of carbonyl (C=O) groups excluding carboxylic acids is 3. The molecule has 14 heteroatoms. The number of methoxy groups -OCH3 is 1. The van der Waals surface area contributed by atoms with Gasteiger partial charge in [0.2, 0.25) is 5.66 Å². The van der Waals surface area contributed by atoms with E-state index in [1.807, 2.05) is 0 Å². The number of amides is 4. The molecule has 1 saturated heterocycles. The number of hydrogen-bond donors (Lipinski definition) is 4. The van der Waals surface area contributed by atoms with Gasteiger partial charge in [0.1, 0.15) is 23.4 Å². The van der Waals surface area contributed by atoms with Crippen molar-refractivity contribution in [2.75, 3.05) is 19.0 Å². The Balaban J connectivity index is 1.61. The Kier molecular flexibility index (Phi) is 12.4. The van der Waals surface area contributed by atoms with Gasteiger partial charge in [0.05, 0.1) is 13.7 Å². The lowest BCUT2D eigenvalue weighted by Crippen LogP contribution is -2.77. The predicted octanol–water partition coefficient (Wildman–Crippen LogP) is 7.43. The molecule has 4 atom stereocenters.